The van der Waals surface area contributed by atoms with Gasteiger partial charge in [-0.15, -0.1) is 0 Å². The number of H-pyrrole nitrogens is 1. The molecule has 3 aromatic carbocycles. The maximum atomic E-state index is 12.6. The predicted octanol–water partition coefficient (Wildman–Crippen LogP) is 4.67. The zero-order valence-corrected chi connectivity index (χ0v) is 18.1. The Balaban J connectivity index is 1.38. The summed E-state index contributed by atoms with van der Waals surface area (Å²) in [5.74, 6) is 0.126. The van der Waals surface area contributed by atoms with Crippen LogP contribution < -0.4 is 9.47 Å². The molecule has 1 aromatic heterocycles. The molecule has 8 nitrogen and oxygen atoms in total. The molecule has 170 valence electrons. The van der Waals surface area contributed by atoms with Gasteiger partial charge in [-0.05, 0) is 36.4 Å². The van der Waals surface area contributed by atoms with E-state index in [0.717, 1.165) is 11.3 Å². The molecule has 4 rings (SSSR count). The molecule has 0 aliphatic heterocycles. The number of nitriles is 1. The van der Waals surface area contributed by atoms with E-state index in [2.05, 4.69) is 9.97 Å². The van der Waals surface area contributed by atoms with Gasteiger partial charge >= 0.3 is 5.97 Å². The summed E-state index contributed by atoms with van der Waals surface area (Å²) in [5, 5.41) is 19.9. The zero-order chi connectivity index (χ0) is 23.8. The summed E-state index contributed by atoms with van der Waals surface area (Å²) >= 11 is 0. The van der Waals surface area contributed by atoms with E-state index in [1.54, 1.807) is 36.4 Å². The molecular formula is C26H21N3O5. The first-order chi connectivity index (χ1) is 16.7. The van der Waals surface area contributed by atoms with Crippen LogP contribution >= 0.6 is 0 Å². The third kappa shape index (κ3) is 5.34. The van der Waals surface area contributed by atoms with Crippen LogP contribution in [0.25, 0.3) is 16.6 Å². The lowest BCUT2D eigenvalue weighted by Gasteiger charge is -2.12. The number of nitrogens with zero attached hydrogens (tertiary/aromatic N) is 2. The Hall–Kier alpha value is -4.77. The number of aromatic amines is 1. The van der Waals surface area contributed by atoms with E-state index in [4.69, 9.17) is 14.2 Å². The van der Waals surface area contributed by atoms with Crippen LogP contribution in [0.1, 0.15) is 16.2 Å². The number of imidazole rings is 1. The van der Waals surface area contributed by atoms with Crippen molar-refractivity contribution in [2.75, 3.05) is 19.8 Å². The number of carbonyl (C=O) groups is 1. The summed E-state index contributed by atoms with van der Waals surface area (Å²) in [4.78, 5) is 19.9. The normalized spacial score (nSPS) is 11.4. The predicted molar refractivity (Wildman–Crippen MR) is 125 cm³/mol. The molecule has 0 saturated carbocycles. The smallest absolute Gasteiger partial charge is 0.342 e. The lowest BCUT2D eigenvalue weighted by atomic mass is 10.2. The Kier molecular flexibility index (Phi) is 7.06. The Labute approximate surface area is 195 Å². The van der Waals surface area contributed by atoms with Gasteiger partial charge in [-0.3, -0.25) is 0 Å². The first-order valence-corrected chi connectivity index (χ1v) is 10.5. The standard InChI is InChI=1S/C26H21N3O5/c27-16-20(25-28-21-11-5-6-12-22(21)29-25)23(30)17-34-26(31)19-10-4-7-13-24(19)33-15-14-32-18-8-2-1-3-9-18/h1-13,30H,14-15,17H2,(H,28,29)/b23-20-. The second kappa shape index (κ2) is 10.7. The number of benzene rings is 3. The van der Waals surface area contributed by atoms with Crippen molar-refractivity contribution in [3.05, 3.63) is 96.0 Å². The Morgan fingerprint density at radius 3 is 2.44 bits per heavy atom. The van der Waals surface area contributed by atoms with Gasteiger partial charge in [0.25, 0.3) is 0 Å². The van der Waals surface area contributed by atoms with Crippen molar-refractivity contribution in [2.24, 2.45) is 0 Å². The van der Waals surface area contributed by atoms with Crippen LogP contribution in [0.2, 0.25) is 0 Å². The number of carbonyl (C=O) groups excluding carboxylic acids is 1. The van der Waals surface area contributed by atoms with Gasteiger partial charge in [0.1, 0.15) is 48.5 Å². The first-order valence-electron chi connectivity index (χ1n) is 10.5. The molecule has 0 aliphatic carbocycles. The summed E-state index contributed by atoms with van der Waals surface area (Å²) in [6, 6.07) is 25.1. The maximum absolute atomic E-state index is 12.6. The fourth-order valence-corrected chi connectivity index (χ4v) is 3.20. The minimum Gasteiger partial charge on any atom is -0.507 e. The highest BCUT2D eigenvalue weighted by Gasteiger charge is 2.18. The van der Waals surface area contributed by atoms with E-state index in [-0.39, 0.29) is 23.6 Å². The number of aliphatic hydroxyl groups excluding tert-OH is 1. The lowest BCUT2D eigenvalue weighted by molar-refractivity contribution is 0.0497. The van der Waals surface area contributed by atoms with Crippen LogP contribution in [0.3, 0.4) is 0 Å². The molecule has 0 saturated heterocycles. The fraction of sp³-hybridized carbons (Fsp3) is 0.115. The molecule has 0 unspecified atom stereocenters. The van der Waals surface area contributed by atoms with Gasteiger partial charge in [-0.25, -0.2) is 9.78 Å². The Bertz CT molecular complexity index is 1320. The zero-order valence-electron chi connectivity index (χ0n) is 18.1. The molecule has 0 spiro atoms. The number of hydrogen-bond acceptors (Lipinski definition) is 7. The highest BCUT2D eigenvalue weighted by atomic mass is 16.5. The molecule has 34 heavy (non-hydrogen) atoms. The van der Waals surface area contributed by atoms with Crippen molar-refractivity contribution in [1.82, 2.24) is 9.97 Å². The minimum atomic E-state index is -0.701. The van der Waals surface area contributed by atoms with Gasteiger partial charge in [0.15, 0.2) is 11.6 Å². The van der Waals surface area contributed by atoms with Crippen LogP contribution in [0.4, 0.5) is 0 Å². The van der Waals surface area contributed by atoms with Gasteiger partial charge < -0.3 is 24.3 Å². The number of esters is 1. The van der Waals surface area contributed by atoms with Gasteiger partial charge in [-0.2, -0.15) is 5.26 Å². The molecule has 4 aromatic rings. The number of allylic oxidation sites excluding steroid dienone is 1. The van der Waals surface area contributed by atoms with Gasteiger partial charge in [0.2, 0.25) is 0 Å². The number of fused-ring (bicyclic) bond motifs is 1. The van der Waals surface area contributed by atoms with Crippen molar-refractivity contribution < 1.29 is 24.1 Å². The molecule has 1 heterocycles. The van der Waals surface area contributed by atoms with Crippen molar-refractivity contribution in [3.8, 4) is 17.6 Å². The lowest BCUT2D eigenvalue weighted by Crippen LogP contribution is -2.13. The van der Waals surface area contributed by atoms with Crippen molar-refractivity contribution in [3.63, 3.8) is 0 Å². The molecular weight excluding hydrogens is 434 g/mol. The summed E-state index contributed by atoms with van der Waals surface area (Å²) < 4.78 is 16.5. The highest BCUT2D eigenvalue weighted by Crippen LogP contribution is 2.21. The Morgan fingerprint density at radius 2 is 1.65 bits per heavy atom. The van der Waals surface area contributed by atoms with Gasteiger partial charge in [-0.1, -0.05) is 42.5 Å². The highest BCUT2D eigenvalue weighted by molar-refractivity contribution is 5.92. The van der Waals surface area contributed by atoms with Crippen molar-refractivity contribution in [1.29, 1.82) is 5.26 Å². The number of aromatic nitrogens is 2. The number of hydrogen-bond donors (Lipinski definition) is 2. The summed E-state index contributed by atoms with van der Waals surface area (Å²) in [7, 11) is 0. The SMILES string of the molecule is N#C/C(=C(/O)COC(=O)c1ccccc1OCCOc1ccccc1)c1nc2ccccc2[nH]1. The number of aliphatic hydroxyl groups is 1. The van der Waals surface area contributed by atoms with Crippen LogP contribution in [0, 0.1) is 11.3 Å². The van der Waals surface area contributed by atoms with Crippen LogP contribution in [0.15, 0.2) is 84.6 Å². The van der Waals surface area contributed by atoms with Crippen molar-refractivity contribution >= 4 is 22.6 Å². The number of para-hydroxylation sites is 4. The fourth-order valence-electron chi connectivity index (χ4n) is 3.20. The van der Waals surface area contributed by atoms with E-state index in [1.807, 2.05) is 48.5 Å². The molecule has 0 atom stereocenters. The molecule has 0 fully saturated rings. The number of nitrogens with one attached hydrogen (secondary N) is 1. The largest absolute Gasteiger partial charge is 0.507 e. The monoisotopic (exact) mass is 455 g/mol. The summed E-state index contributed by atoms with van der Waals surface area (Å²) in [5.41, 5.74) is 1.46. The second-order valence-corrected chi connectivity index (χ2v) is 7.12. The molecule has 0 amide bonds. The molecule has 0 bridgehead atoms. The van der Waals surface area contributed by atoms with E-state index in [1.165, 1.54) is 0 Å². The first kappa shape index (κ1) is 22.4. The third-order valence-electron chi connectivity index (χ3n) is 4.83. The average Bonchev–Trinajstić information content (AvgIpc) is 3.30. The van der Waals surface area contributed by atoms with Gasteiger partial charge in [0, 0.05) is 0 Å². The molecule has 0 radical (unpaired) electrons. The average molecular weight is 455 g/mol. The van der Waals surface area contributed by atoms with E-state index in [9.17, 15) is 15.2 Å². The Morgan fingerprint density at radius 1 is 0.941 bits per heavy atom. The number of ether oxygens (including phenoxy) is 3. The molecule has 2 N–H and O–H groups in total. The van der Waals surface area contributed by atoms with E-state index >= 15 is 0 Å². The molecule has 8 heteroatoms. The maximum Gasteiger partial charge on any atom is 0.342 e. The van der Waals surface area contributed by atoms with Crippen molar-refractivity contribution in [2.45, 2.75) is 0 Å². The topological polar surface area (TPSA) is 117 Å². The third-order valence-corrected chi connectivity index (χ3v) is 4.83. The van der Waals surface area contributed by atoms with E-state index in [0.29, 0.717) is 17.9 Å². The summed E-state index contributed by atoms with van der Waals surface area (Å²) in [6.07, 6.45) is 0. The minimum absolute atomic E-state index is 0.105. The van der Waals surface area contributed by atoms with Crippen LogP contribution in [0.5, 0.6) is 11.5 Å². The van der Waals surface area contributed by atoms with Gasteiger partial charge in [0.05, 0.1) is 11.0 Å². The summed E-state index contributed by atoms with van der Waals surface area (Å²) in [6.45, 7) is 0.0130. The quantitative estimate of drug-likeness (QED) is 0.163. The molecule has 0 aliphatic rings. The number of rotatable bonds is 9. The second-order valence-electron chi connectivity index (χ2n) is 7.12. The van der Waals surface area contributed by atoms with Crippen LogP contribution in [-0.2, 0) is 4.74 Å². The van der Waals surface area contributed by atoms with E-state index < -0.39 is 18.3 Å². The van der Waals surface area contributed by atoms with Crippen LogP contribution in [-0.4, -0.2) is 40.9 Å².